The lowest BCUT2D eigenvalue weighted by molar-refractivity contribution is 0.102. The minimum Gasteiger partial charge on any atom is -0.485 e. The van der Waals surface area contributed by atoms with Crippen LogP contribution in [-0.4, -0.2) is 25.1 Å². The predicted octanol–water partition coefficient (Wildman–Crippen LogP) is 3.75. The fourth-order valence-electron chi connectivity index (χ4n) is 3.21. The zero-order valence-electron chi connectivity index (χ0n) is 17.9. The molecule has 2 aromatic carbocycles. The lowest BCUT2D eigenvalue weighted by Gasteiger charge is -2.14. The largest absolute Gasteiger partial charge is 0.485 e. The molecule has 0 aliphatic heterocycles. The lowest BCUT2D eigenvalue weighted by Crippen LogP contribution is -2.23. The summed E-state index contributed by atoms with van der Waals surface area (Å²) < 4.78 is 22.1. The number of hydrogen-bond donors (Lipinski definition) is 1. The quantitative estimate of drug-likeness (QED) is 0.498. The number of carbonyl (C=O) groups is 1. The van der Waals surface area contributed by atoms with Gasteiger partial charge in [0.05, 0.1) is 11.4 Å². The normalized spacial score (nSPS) is 11.2. The Morgan fingerprint density at radius 2 is 1.91 bits per heavy atom. The van der Waals surface area contributed by atoms with Gasteiger partial charge in [0.25, 0.3) is 17.2 Å². The number of carbonyl (C=O) groups excluding carboxylic acids is 1. The summed E-state index contributed by atoms with van der Waals surface area (Å²) in [6.45, 7) is 5.81. The van der Waals surface area contributed by atoms with Crippen LogP contribution in [0.15, 0.2) is 59.7 Å². The van der Waals surface area contributed by atoms with Crippen LogP contribution in [0.4, 0.5) is 10.1 Å². The van der Waals surface area contributed by atoms with E-state index in [2.05, 4.69) is 15.3 Å². The number of aryl methyl sites for hydroxylation is 1. The number of aromatic nitrogens is 4. The zero-order valence-corrected chi connectivity index (χ0v) is 17.9. The van der Waals surface area contributed by atoms with Crippen molar-refractivity contribution in [3.8, 4) is 5.75 Å². The molecule has 8 nitrogen and oxygen atoms in total. The second kappa shape index (κ2) is 8.62. The Hall–Kier alpha value is -4.01. The van der Waals surface area contributed by atoms with Gasteiger partial charge >= 0.3 is 0 Å². The number of rotatable bonds is 6. The molecular formula is C23H22FN5O3. The molecule has 0 saturated carbocycles. The fraction of sp³-hybridized carbons (Fsp3) is 0.217. The first-order chi connectivity index (χ1) is 15.3. The van der Waals surface area contributed by atoms with Gasteiger partial charge in [0.2, 0.25) is 0 Å². The van der Waals surface area contributed by atoms with Gasteiger partial charge in [-0.3, -0.25) is 14.3 Å². The second-order valence-electron chi connectivity index (χ2n) is 7.67. The molecule has 0 aliphatic rings. The number of anilines is 1. The van der Waals surface area contributed by atoms with Crippen molar-refractivity contribution in [1.29, 1.82) is 0 Å². The lowest BCUT2D eigenvalue weighted by atomic mass is 10.1. The summed E-state index contributed by atoms with van der Waals surface area (Å²) in [7, 11) is 0. The summed E-state index contributed by atoms with van der Waals surface area (Å²) in [5, 5.41) is 2.78. The summed E-state index contributed by atoms with van der Waals surface area (Å²) in [5.74, 6) is -0.0933. The third-order valence-corrected chi connectivity index (χ3v) is 4.85. The molecule has 0 bridgehead atoms. The second-order valence-corrected chi connectivity index (χ2v) is 7.67. The molecule has 0 saturated heterocycles. The highest BCUT2D eigenvalue weighted by molar-refractivity contribution is 6.05. The molecule has 2 heterocycles. The Morgan fingerprint density at radius 1 is 1.16 bits per heavy atom. The van der Waals surface area contributed by atoms with Crippen LogP contribution in [0.25, 0.3) is 5.78 Å². The van der Waals surface area contributed by atoms with Gasteiger partial charge < -0.3 is 10.1 Å². The Bertz CT molecular complexity index is 1340. The summed E-state index contributed by atoms with van der Waals surface area (Å²) in [6, 6.07) is 12.1. The highest BCUT2D eigenvalue weighted by Crippen LogP contribution is 2.27. The van der Waals surface area contributed by atoms with Crippen molar-refractivity contribution in [2.75, 3.05) is 5.32 Å². The van der Waals surface area contributed by atoms with Crippen LogP contribution >= 0.6 is 0 Å². The SMILES string of the molecule is Cc1ccc(NC(=O)c2ccc(F)cc2)c(OCc2cc(=O)n3c(ncn3C(C)C)n2)c1. The van der Waals surface area contributed by atoms with Crippen molar-refractivity contribution < 1.29 is 13.9 Å². The van der Waals surface area contributed by atoms with Gasteiger partial charge in [0.15, 0.2) is 0 Å². The van der Waals surface area contributed by atoms with Gasteiger partial charge in [-0.25, -0.2) is 9.37 Å². The first-order valence-electron chi connectivity index (χ1n) is 10.1. The molecule has 0 fully saturated rings. The average Bonchev–Trinajstić information content (AvgIpc) is 3.19. The van der Waals surface area contributed by atoms with Crippen LogP contribution in [0, 0.1) is 12.7 Å². The van der Waals surface area contributed by atoms with Gasteiger partial charge in [-0.15, -0.1) is 0 Å². The number of halogens is 1. The third kappa shape index (κ3) is 4.36. The van der Waals surface area contributed by atoms with Gasteiger partial charge in [0, 0.05) is 17.7 Å². The van der Waals surface area contributed by atoms with E-state index in [9.17, 15) is 14.0 Å². The van der Waals surface area contributed by atoms with E-state index in [1.807, 2.05) is 26.8 Å². The van der Waals surface area contributed by atoms with E-state index in [0.29, 0.717) is 28.5 Å². The molecule has 0 spiro atoms. The van der Waals surface area contributed by atoms with E-state index in [1.165, 1.54) is 34.8 Å². The van der Waals surface area contributed by atoms with Crippen molar-refractivity contribution in [2.45, 2.75) is 33.4 Å². The molecule has 0 radical (unpaired) electrons. The van der Waals surface area contributed by atoms with Crippen LogP contribution in [0.3, 0.4) is 0 Å². The first kappa shape index (κ1) is 21.2. The summed E-state index contributed by atoms with van der Waals surface area (Å²) >= 11 is 0. The van der Waals surface area contributed by atoms with Crippen LogP contribution in [0.2, 0.25) is 0 Å². The van der Waals surface area contributed by atoms with Crippen molar-refractivity contribution in [3.05, 3.63) is 87.9 Å². The molecule has 164 valence electrons. The molecule has 0 aliphatic carbocycles. The third-order valence-electron chi connectivity index (χ3n) is 4.85. The van der Waals surface area contributed by atoms with Gasteiger partial charge in [-0.1, -0.05) is 6.07 Å². The minimum absolute atomic E-state index is 0.0170. The van der Waals surface area contributed by atoms with Crippen LogP contribution in [0.1, 0.15) is 41.5 Å². The summed E-state index contributed by atoms with van der Waals surface area (Å²) in [6.07, 6.45) is 1.57. The van der Waals surface area contributed by atoms with E-state index in [-0.39, 0.29) is 18.2 Å². The molecule has 4 rings (SSSR count). The number of benzene rings is 2. The van der Waals surface area contributed by atoms with E-state index >= 15 is 0 Å². The van der Waals surface area contributed by atoms with Crippen LogP contribution in [0.5, 0.6) is 5.75 Å². The molecule has 1 amide bonds. The van der Waals surface area contributed by atoms with E-state index in [0.717, 1.165) is 5.56 Å². The molecule has 2 aromatic heterocycles. The maximum Gasteiger partial charge on any atom is 0.274 e. The highest BCUT2D eigenvalue weighted by atomic mass is 19.1. The Kier molecular flexibility index (Phi) is 5.72. The smallest absolute Gasteiger partial charge is 0.274 e. The summed E-state index contributed by atoms with van der Waals surface area (Å²) in [5.41, 5.74) is 1.86. The predicted molar refractivity (Wildman–Crippen MR) is 117 cm³/mol. The maximum absolute atomic E-state index is 13.1. The molecule has 32 heavy (non-hydrogen) atoms. The Morgan fingerprint density at radius 3 is 2.62 bits per heavy atom. The number of hydrogen-bond acceptors (Lipinski definition) is 5. The highest BCUT2D eigenvalue weighted by Gasteiger charge is 2.13. The van der Waals surface area contributed by atoms with Gasteiger partial charge in [-0.05, 0) is 62.7 Å². The number of ether oxygens (including phenoxy) is 1. The number of nitrogens with zero attached hydrogens (tertiary/aromatic N) is 4. The molecular weight excluding hydrogens is 413 g/mol. The minimum atomic E-state index is -0.417. The summed E-state index contributed by atoms with van der Waals surface area (Å²) in [4.78, 5) is 33.7. The van der Waals surface area contributed by atoms with Crippen molar-refractivity contribution in [1.82, 2.24) is 19.2 Å². The molecule has 4 aromatic rings. The van der Waals surface area contributed by atoms with Crippen LogP contribution in [-0.2, 0) is 6.61 Å². The van der Waals surface area contributed by atoms with Crippen molar-refractivity contribution >= 4 is 17.4 Å². The Balaban J connectivity index is 1.56. The van der Waals surface area contributed by atoms with E-state index in [4.69, 9.17) is 4.74 Å². The number of nitrogens with one attached hydrogen (secondary N) is 1. The molecule has 0 atom stereocenters. The molecule has 9 heteroatoms. The van der Waals surface area contributed by atoms with E-state index < -0.39 is 11.7 Å². The van der Waals surface area contributed by atoms with Crippen molar-refractivity contribution in [3.63, 3.8) is 0 Å². The van der Waals surface area contributed by atoms with E-state index in [1.54, 1.807) is 23.1 Å². The molecule has 1 N–H and O–H groups in total. The average molecular weight is 435 g/mol. The standard InChI is InChI=1S/C23H22FN5O3/c1-14(2)28-13-25-23-26-18(11-21(30)29(23)28)12-32-20-10-15(3)4-9-19(20)27-22(31)16-5-7-17(24)8-6-16/h4-11,13-14H,12H2,1-3H3,(H,27,31). The fourth-order valence-corrected chi connectivity index (χ4v) is 3.21. The van der Waals surface area contributed by atoms with Gasteiger partial charge in [0.1, 0.15) is 24.5 Å². The zero-order chi connectivity index (χ0) is 22.8. The topological polar surface area (TPSA) is 90.5 Å². The van der Waals surface area contributed by atoms with Crippen molar-refractivity contribution in [2.24, 2.45) is 0 Å². The van der Waals surface area contributed by atoms with Gasteiger partial charge in [-0.2, -0.15) is 9.50 Å². The Labute approximate surface area is 183 Å². The maximum atomic E-state index is 13.1. The number of amides is 1. The first-order valence-corrected chi connectivity index (χ1v) is 10.1. The van der Waals surface area contributed by atoms with Crippen LogP contribution < -0.4 is 15.6 Å². The monoisotopic (exact) mass is 435 g/mol. The number of fused-ring (bicyclic) bond motifs is 1. The molecule has 0 unspecified atom stereocenters.